The van der Waals surface area contributed by atoms with Crippen LogP contribution < -0.4 is 15.4 Å². The third kappa shape index (κ3) is 4.20. The molecule has 0 saturated heterocycles. The summed E-state index contributed by atoms with van der Waals surface area (Å²) in [5.41, 5.74) is 0.954. The predicted molar refractivity (Wildman–Crippen MR) is 112 cm³/mol. The third-order valence-electron chi connectivity index (χ3n) is 3.26. The molecular weight excluding hydrogens is 509 g/mol. The average Bonchev–Trinajstić information content (AvgIpc) is 2.95. The number of carbonyl (C=O) groups is 1. The van der Waals surface area contributed by atoms with E-state index in [0.29, 0.717) is 35.6 Å². The molecule has 0 bridgehead atoms. The minimum atomic E-state index is -0.437. The Hall–Kier alpha value is -1.62. The van der Waals surface area contributed by atoms with Gasteiger partial charge in [0.25, 0.3) is 5.91 Å². The minimum Gasteiger partial charge on any atom is -0.495 e. The molecule has 10 heteroatoms. The first-order chi connectivity index (χ1) is 12.4. The van der Waals surface area contributed by atoms with E-state index < -0.39 is 5.91 Å². The molecule has 134 valence electrons. The molecule has 0 radical (unpaired) electrons. The smallest absolute Gasteiger partial charge is 0.261 e. The Morgan fingerprint density at radius 1 is 1.31 bits per heavy atom. The van der Waals surface area contributed by atoms with Gasteiger partial charge in [-0.3, -0.25) is 10.1 Å². The van der Waals surface area contributed by atoms with E-state index in [0.717, 1.165) is 0 Å². The van der Waals surface area contributed by atoms with Crippen LogP contribution in [0.5, 0.6) is 5.75 Å². The van der Waals surface area contributed by atoms with Crippen LogP contribution in [0.1, 0.15) is 10.4 Å². The number of aromatic nitrogens is 1. The lowest BCUT2D eigenvalue weighted by Crippen LogP contribution is -2.34. The molecule has 0 aliphatic carbocycles. The normalized spacial score (nSPS) is 10.6. The van der Waals surface area contributed by atoms with Crippen LogP contribution in [0.3, 0.4) is 0 Å². The van der Waals surface area contributed by atoms with E-state index in [1.165, 1.54) is 30.6 Å². The molecule has 1 amide bonds. The quantitative estimate of drug-likeness (QED) is 0.472. The second-order valence-electron chi connectivity index (χ2n) is 5.01. The van der Waals surface area contributed by atoms with Gasteiger partial charge in [0.05, 0.1) is 27.4 Å². The Labute approximate surface area is 174 Å². The van der Waals surface area contributed by atoms with Gasteiger partial charge < -0.3 is 10.1 Å². The minimum absolute atomic E-state index is 0.0766. The summed E-state index contributed by atoms with van der Waals surface area (Å²) in [6.45, 7) is 0. The summed E-state index contributed by atoms with van der Waals surface area (Å²) in [6, 6.07) is 7.71. The highest BCUT2D eigenvalue weighted by Crippen LogP contribution is 2.32. The lowest BCUT2D eigenvalue weighted by molar-refractivity contribution is 0.0974. The van der Waals surface area contributed by atoms with E-state index in [1.807, 2.05) is 0 Å². The summed E-state index contributed by atoms with van der Waals surface area (Å²) in [7, 11) is 1.47. The summed E-state index contributed by atoms with van der Waals surface area (Å²) in [5.74, 6) is -0.381. The molecule has 2 aromatic carbocycles. The average molecular weight is 519 g/mol. The van der Waals surface area contributed by atoms with Crippen molar-refractivity contribution in [1.29, 1.82) is 0 Å². The monoisotopic (exact) mass is 517 g/mol. The number of benzene rings is 2. The van der Waals surface area contributed by atoms with Gasteiger partial charge in [-0.25, -0.2) is 9.37 Å². The fourth-order valence-corrected chi connectivity index (χ4v) is 4.72. The molecular formula is C16H10Br2FN3O2S2. The van der Waals surface area contributed by atoms with Gasteiger partial charge in [0.2, 0.25) is 0 Å². The van der Waals surface area contributed by atoms with Gasteiger partial charge in [-0.1, -0.05) is 27.3 Å². The van der Waals surface area contributed by atoms with Crippen molar-refractivity contribution in [3.8, 4) is 5.75 Å². The lowest BCUT2D eigenvalue weighted by Gasteiger charge is -2.12. The summed E-state index contributed by atoms with van der Waals surface area (Å²) in [5, 5.41) is 5.95. The molecule has 1 aromatic heterocycles. The Bertz CT molecular complexity index is 1030. The summed E-state index contributed by atoms with van der Waals surface area (Å²) in [4.78, 5) is 16.8. The number of nitrogens with zero attached hydrogens (tertiary/aromatic N) is 1. The number of hydrogen-bond acceptors (Lipinski definition) is 5. The van der Waals surface area contributed by atoms with Gasteiger partial charge in [0.15, 0.2) is 10.2 Å². The van der Waals surface area contributed by atoms with Crippen molar-refractivity contribution in [2.24, 2.45) is 0 Å². The summed E-state index contributed by atoms with van der Waals surface area (Å²) < 4.78 is 20.5. The number of halogens is 3. The van der Waals surface area contributed by atoms with Crippen LogP contribution in [-0.2, 0) is 0 Å². The zero-order valence-electron chi connectivity index (χ0n) is 13.1. The first-order valence-electron chi connectivity index (χ1n) is 7.09. The second kappa shape index (κ2) is 7.95. The van der Waals surface area contributed by atoms with Crippen molar-refractivity contribution in [2.45, 2.75) is 0 Å². The molecule has 5 nitrogen and oxygen atoms in total. The zero-order chi connectivity index (χ0) is 18.8. The Morgan fingerprint density at radius 2 is 2.08 bits per heavy atom. The van der Waals surface area contributed by atoms with Crippen molar-refractivity contribution in [3.05, 3.63) is 50.7 Å². The van der Waals surface area contributed by atoms with Gasteiger partial charge in [-0.05, 0) is 58.5 Å². The van der Waals surface area contributed by atoms with E-state index in [-0.39, 0.29) is 10.9 Å². The maximum Gasteiger partial charge on any atom is 0.261 e. The summed E-state index contributed by atoms with van der Waals surface area (Å²) >= 11 is 13.1. The molecule has 0 unspecified atom stereocenters. The molecule has 0 spiro atoms. The molecule has 0 saturated carbocycles. The first kappa shape index (κ1) is 19.2. The second-order valence-corrected chi connectivity index (χ2v) is 8.22. The number of nitrogens with one attached hydrogen (secondary N) is 2. The van der Waals surface area contributed by atoms with Gasteiger partial charge in [0, 0.05) is 4.47 Å². The Morgan fingerprint density at radius 3 is 2.81 bits per heavy atom. The van der Waals surface area contributed by atoms with Crippen LogP contribution in [-0.4, -0.2) is 23.1 Å². The number of hydrogen-bond donors (Lipinski definition) is 2. The maximum absolute atomic E-state index is 13.3. The van der Waals surface area contributed by atoms with Crippen LogP contribution in [0.15, 0.2) is 39.3 Å². The van der Waals surface area contributed by atoms with Crippen molar-refractivity contribution < 1.29 is 13.9 Å². The van der Waals surface area contributed by atoms with Crippen LogP contribution in [0.4, 0.5) is 9.52 Å². The van der Waals surface area contributed by atoms with Crippen LogP contribution >= 0.6 is 55.4 Å². The molecule has 0 aliphatic rings. The third-order valence-corrected chi connectivity index (χ3v) is 5.44. The Kier molecular flexibility index (Phi) is 5.86. The molecule has 1 heterocycles. The van der Waals surface area contributed by atoms with Gasteiger partial charge in [0.1, 0.15) is 11.6 Å². The van der Waals surface area contributed by atoms with Crippen LogP contribution in [0.2, 0.25) is 0 Å². The molecule has 2 N–H and O–H groups in total. The topological polar surface area (TPSA) is 63.2 Å². The number of ether oxygens (including phenoxy) is 1. The van der Waals surface area contributed by atoms with Crippen LogP contribution in [0.25, 0.3) is 10.2 Å². The predicted octanol–water partition coefficient (Wildman–Crippen LogP) is 5.10. The largest absolute Gasteiger partial charge is 0.495 e. The highest BCUT2D eigenvalue weighted by Gasteiger charge is 2.18. The number of amides is 1. The highest BCUT2D eigenvalue weighted by molar-refractivity contribution is 9.11. The number of anilines is 1. The van der Waals surface area contributed by atoms with E-state index in [1.54, 1.807) is 18.2 Å². The number of thiocarbonyl (C=S) groups is 1. The number of rotatable bonds is 3. The zero-order valence-corrected chi connectivity index (χ0v) is 17.9. The number of fused-ring (bicyclic) bond motifs is 1. The van der Waals surface area contributed by atoms with Gasteiger partial charge in [-0.15, -0.1) is 0 Å². The SMILES string of the molecule is COc1c(Br)cc(Br)cc1C(=O)NC(=S)Nc1nc2ccc(F)cc2s1. The number of carbonyl (C=O) groups excluding carboxylic acids is 1. The summed E-state index contributed by atoms with van der Waals surface area (Å²) in [6.07, 6.45) is 0. The maximum atomic E-state index is 13.3. The molecule has 3 rings (SSSR count). The fraction of sp³-hybridized carbons (Fsp3) is 0.0625. The highest BCUT2D eigenvalue weighted by atomic mass is 79.9. The number of methoxy groups -OCH3 is 1. The molecule has 0 atom stereocenters. The first-order valence-corrected chi connectivity index (χ1v) is 9.90. The fourth-order valence-electron chi connectivity index (χ4n) is 2.19. The van der Waals surface area contributed by atoms with Gasteiger partial charge in [-0.2, -0.15) is 0 Å². The standard InChI is InChI=1S/C16H10Br2FN3O2S2/c1-24-13-9(4-7(17)5-10(13)18)14(23)21-15(25)22-16-20-11-3-2-8(19)6-12(11)26-16/h2-6H,1H3,(H2,20,21,22,23,25). The lowest BCUT2D eigenvalue weighted by atomic mass is 10.2. The van der Waals surface area contributed by atoms with Crippen molar-refractivity contribution in [1.82, 2.24) is 10.3 Å². The Balaban J connectivity index is 1.76. The van der Waals surface area contributed by atoms with E-state index in [9.17, 15) is 9.18 Å². The molecule has 0 aliphatic heterocycles. The molecule has 0 fully saturated rings. The number of thiazole rings is 1. The van der Waals surface area contributed by atoms with E-state index in [2.05, 4.69) is 47.5 Å². The van der Waals surface area contributed by atoms with Crippen molar-refractivity contribution in [3.63, 3.8) is 0 Å². The van der Waals surface area contributed by atoms with E-state index in [4.69, 9.17) is 17.0 Å². The molecule has 26 heavy (non-hydrogen) atoms. The van der Waals surface area contributed by atoms with E-state index >= 15 is 0 Å². The molecule has 3 aromatic rings. The van der Waals surface area contributed by atoms with Crippen LogP contribution in [0, 0.1) is 5.82 Å². The van der Waals surface area contributed by atoms with Crippen molar-refractivity contribution >= 4 is 81.8 Å². The van der Waals surface area contributed by atoms with Crippen molar-refractivity contribution in [2.75, 3.05) is 12.4 Å². The van der Waals surface area contributed by atoms with Gasteiger partial charge >= 0.3 is 0 Å².